The summed E-state index contributed by atoms with van der Waals surface area (Å²) in [5, 5.41) is 3.74. The minimum atomic E-state index is -0.354. The summed E-state index contributed by atoms with van der Waals surface area (Å²) in [6.45, 7) is 0.446. The second kappa shape index (κ2) is 5.69. The Bertz CT molecular complexity index is 548. The third-order valence-corrected chi connectivity index (χ3v) is 2.64. The highest BCUT2D eigenvalue weighted by atomic mass is 35.5. The molecule has 2 aromatic rings. The Morgan fingerprint density at radius 2 is 2.17 bits per heavy atom. The van der Waals surface area contributed by atoms with Crippen LogP contribution in [0.4, 0.5) is 10.1 Å². The molecule has 0 aliphatic rings. The minimum Gasteiger partial charge on any atom is -0.495 e. The smallest absolute Gasteiger partial charge is 0.142 e. The van der Waals surface area contributed by atoms with Crippen LogP contribution >= 0.6 is 11.6 Å². The Balaban J connectivity index is 2.12. The van der Waals surface area contributed by atoms with Crippen LogP contribution in [0.3, 0.4) is 0 Å². The van der Waals surface area contributed by atoms with Gasteiger partial charge in [-0.15, -0.1) is 0 Å². The van der Waals surface area contributed by atoms with Crippen LogP contribution in [-0.2, 0) is 6.54 Å². The Morgan fingerprint density at radius 3 is 2.89 bits per heavy atom. The molecule has 0 spiro atoms. The number of ether oxygens (including phenoxy) is 1. The number of rotatable bonds is 4. The molecule has 2 rings (SSSR count). The average Bonchev–Trinajstić information content (AvgIpc) is 2.37. The number of pyridine rings is 1. The van der Waals surface area contributed by atoms with Gasteiger partial charge in [-0.05, 0) is 29.8 Å². The van der Waals surface area contributed by atoms with Gasteiger partial charge >= 0.3 is 0 Å². The monoisotopic (exact) mass is 266 g/mol. The van der Waals surface area contributed by atoms with Gasteiger partial charge in [0.1, 0.15) is 11.6 Å². The molecule has 0 atom stereocenters. The van der Waals surface area contributed by atoms with E-state index >= 15 is 0 Å². The van der Waals surface area contributed by atoms with E-state index in [1.807, 2.05) is 0 Å². The van der Waals surface area contributed by atoms with Crippen LogP contribution in [-0.4, -0.2) is 12.1 Å². The topological polar surface area (TPSA) is 34.1 Å². The summed E-state index contributed by atoms with van der Waals surface area (Å²) in [4.78, 5) is 3.78. The van der Waals surface area contributed by atoms with E-state index in [-0.39, 0.29) is 5.82 Å². The number of aromatic nitrogens is 1. The molecular weight excluding hydrogens is 255 g/mol. The van der Waals surface area contributed by atoms with Gasteiger partial charge in [-0.1, -0.05) is 11.6 Å². The molecule has 0 unspecified atom stereocenters. The molecule has 1 N–H and O–H groups in total. The number of nitrogens with one attached hydrogen (secondary N) is 1. The Kier molecular flexibility index (Phi) is 3.99. The van der Waals surface area contributed by atoms with E-state index in [9.17, 15) is 4.39 Å². The van der Waals surface area contributed by atoms with Crippen molar-refractivity contribution in [1.82, 2.24) is 4.98 Å². The van der Waals surface area contributed by atoms with Gasteiger partial charge in [0.2, 0.25) is 0 Å². The first-order chi connectivity index (χ1) is 8.69. The number of anilines is 1. The van der Waals surface area contributed by atoms with Gasteiger partial charge < -0.3 is 10.1 Å². The maximum atomic E-state index is 13.0. The normalized spacial score (nSPS) is 10.2. The summed E-state index contributed by atoms with van der Waals surface area (Å²) in [6.07, 6.45) is 2.77. The van der Waals surface area contributed by atoms with Crippen LogP contribution in [0.5, 0.6) is 5.75 Å². The molecule has 0 fully saturated rings. The van der Waals surface area contributed by atoms with E-state index in [2.05, 4.69) is 10.3 Å². The Labute approximate surface area is 110 Å². The summed E-state index contributed by atoms with van der Waals surface area (Å²) in [5.41, 5.74) is 1.51. The number of benzene rings is 1. The molecule has 0 radical (unpaired) electrons. The maximum Gasteiger partial charge on any atom is 0.142 e. The van der Waals surface area contributed by atoms with Crippen molar-refractivity contribution in [2.45, 2.75) is 6.54 Å². The average molecular weight is 267 g/mol. The van der Waals surface area contributed by atoms with E-state index in [0.717, 1.165) is 11.3 Å². The van der Waals surface area contributed by atoms with Gasteiger partial charge in [0.05, 0.1) is 19.0 Å². The summed E-state index contributed by atoms with van der Waals surface area (Å²) in [7, 11) is 1.58. The molecule has 0 saturated carbocycles. The lowest BCUT2D eigenvalue weighted by molar-refractivity contribution is 0.416. The summed E-state index contributed by atoms with van der Waals surface area (Å²) in [5.74, 6) is 0.330. The van der Waals surface area contributed by atoms with Crippen LogP contribution in [0.2, 0.25) is 5.02 Å². The Hall–Kier alpha value is -1.81. The van der Waals surface area contributed by atoms with Crippen molar-refractivity contribution in [3.8, 4) is 5.75 Å². The number of hydrogen-bond donors (Lipinski definition) is 1. The van der Waals surface area contributed by atoms with Crippen LogP contribution in [0.25, 0.3) is 0 Å². The van der Waals surface area contributed by atoms with E-state index in [0.29, 0.717) is 17.3 Å². The molecule has 0 aliphatic carbocycles. The van der Waals surface area contributed by atoms with Gasteiger partial charge in [0.15, 0.2) is 0 Å². The SMILES string of the molecule is COc1ccc(Cl)cc1NCc1cncc(F)c1. The highest BCUT2D eigenvalue weighted by Gasteiger charge is 2.04. The molecule has 1 aromatic heterocycles. The lowest BCUT2D eigenvalue weighted by Gasteiger charge is -2.11. The van der Waals surface area contributed by atoms with Crippen molar-refractivity contribution in [3.05, 3.63) is 53.1 Å². The van der Waals surface area contributed by atoms with Crippen molar-refractivity contribution >= 4 is 17.3 Å². The predicted octanol–water partition coefficient (Wildman–Crippen LogP) is 3.49. The number of hydrogen-bond acceptors (Lipinski definition) is 3. The van der Waals surface area contributed by atoms with E-state index in [1.54, 1.807) is 31.5 Å². The van der Waals surface area contributed by atoms with Crippen LogP contribution in [0.1, 0.15) is 5.56 Å². The molecule has 1 heterocycles. The highest BCUT2D eigenvalue weighted by molar-refractivity contribution is 6.30. The zero-order valence-electron chi connectivity index (χ0n) is 9.78. The fourth-order valence-corrected chi connectivity index (χ4v) is 1.74. The van der Waals surface area contributed by atoms with Gasteiger partial charge in [0, 0.05) is 17.8 Å². The largest absolute Gasteiger partial charge is 0.495 e. The summed E-state index contributed by atoms with van der Waals surface area (Å²) >= 11 is 5.91. The van der Waals surface area contributed by atoms with Crippen LogP contribution in [0.15, 0.2) is 36.7 Å². The quantitative estimate of drug-likeness (QED) is 0.920. The van der Waals surface area contributed by atoms with Crippen LogP contribution < -0.4 is 10.1 Å². The number of halogens is 2. The molecule has 94 valence electrons. The molecule has 0 saturated heterocycles. The second-order valence-electron chi connectivity index (χ2n) is 3.71. The molecule has 0 bridgehead atoms. The van der Waals surface area contributed by atoms with Gasteiger partial charge in [-0.2, -0.15) is 0 Å². The second-order valence-corrected chi connectivity index (χ2v) is 4.15. The summed E-state index contributed by atoms with van der Waals surface area (Å²) in [6, 6.07) is 6.70. The fraction of sp³-hybridized carbons (Fsp3) is 0.154. The molecule has 18 heavy (non-hydrogen) atoms. The first-order valence-electron chi connectivity index (χ1n) is 5.36. The predicted molar refractivity (Wildman–Crippen MR) is 69.5 cm³/mol. The van der Waals surface area contributed by atoms with Crippen molar-refractivity contribution in [3.63, 3.8) is 0 Å². The Morgan fingerprint density at radius 1 is 1.33 bits per heavy atom. The lowest BCUT2D eigenvalue weighted by atomic mass is 10.2. The van der Waals surface area contributed by atoms with Gasteiger partial charge in [-0.25, -0.2) is 4.39 Å². The first-order valence-corrected chi connectivity index (χ1v) is 5.73. The third kappa shape index (κ3) is 3.11. The molecular formula is C13H12ClFN2O. The lowest BCUT2D eigenvalue weighted by Crippen LogP contribution is -2.02. The molecule has 0 amide bonds. The van der Waals surface area contributed by atoms with E-state index < -0.39 is 0 Å². The standard InChI is InChI=1S/C13H12ClFN2O/c1-18-13-3-2-10(14)5-12(13)17-7-9-4-11(15)8-16-6-9/h2-6,8,17H,7H2,1H3. The number of nitrogens with zero attached hydrogens (tertiary/aromatic N) is 1. The van der Waals surface area contributed by atoms with Gasteiger partial charge in [0.25, 0.3) is 0 Å². The van der Waals surface area contributed by atoms with Crippen molar-refractivity contribution in [2.24, 2.45) is 0 Å². The highest BCUT2D eigenvalue weighted by Crippen LogP contribution is 2.27. The third-order valence-electron chi connectivity index (χ3n) is 2.41. The van der Waals surface area contributed by atoms with Crippen LogP contribution in [0, 0.1) is 5.82 Å². The fourth-order valence-electron chi connectivity index (χ4n) is 1.57. The molecule has 3 nitrogen and oxygen atoms in total. The van der Waals surface area contributed by atoms with E-state index in [1.165, 1.54) is 12.3 Å². The molecule has 1 aromatic carbocycles. The van der Waals surface area contributed by atoms with Crippen molar-refractivity contribution < 1.29 is 9.13 Å². The number of methoxy groups -OCH3 is 1. The zero-order chi connectivity index (χ0) is 13.0. The molecule has 0 aliphatic heterocycles. The minimum absolute atomic E-state index is 0.354. The van der Waals surface area contributed by atoms with E-state index in [4.69, 9.17) is 16.3 Å². The summed E-state index contributed by atoms with van der Waals surface area (Å²) < 4.78 is 18.2. The first kappa shape index (κ1) is 12.6. The zero-order valence-corrected chi connectivity index (χ0v) is 10.5. The van der Waals surface area contributed by atoms with Gasteiger partial charge in [-0.3, -0.25) is 4.98 Å². The maximum absolute atomic E-state index is 13.0. The molecule has 5 heteroatoms. The van der Waals surface area contributed by atoms with Crippen molar-refractivity contribution in [2.75, 3.05) is 12.4 Å². The van der Waals surface area contributed by atoms with Crippen molar-refractivity contribution in [1.29, 1.82) is 0 Å².